The monoisotopic (exact) mass is 247 g/mol. The van der Waals surface area contributed by atoms with Crippen LogP contribution in [0.25, 0.3) is 0 Å². The lowest BCUT2D eigenvalue weighted by atomic mass is 10.1. The third-order valence-corrected chi connectivity index (χ3v) is 2.83. The molecule has 17 heavy (non-hydrogen) atoms. The van der Waals surface area contributed by atoms with Crippen molar-refractivity contribution in [2.75, 3.05) is 11.9 Å². The average Bonchev–Trinajstić information content (AvgIpc) is 2.37. The van der Waals surface area contributed by atoms with E-state index in [0.717, 1.165) is 17.1 Å². The fraction of sp³-hybridized carbons (Fsp3) is 0.231. The van der Waals surface area contributed by atoms with Crippen LogP contribution < -0.4 is 5.32 Å². The molecule has 88 valence electrons. The summed E-state index contributed by atoms with van der Waals surface area (Å²) in [6, 6.07) is 11.9. The zero-order valence-corrected chi connectivity index (χ0v) is 10.4. The number of nitrogens with zero attached hydrogens (tertiary/aromatic N) is 2. The zero-order chi connectivity index (χ0) is 12.1. The first kappa shape index (κ1) is 11.9. The second-order valence-corrected chi connectivity index (χ2v) is 4.33. The number of hydrogen-bond donors (Lipinski definition) is 1. The molecule has 1 atom stereocenters. The van der Waals surface area contributed by atoms with Gasteiger partial charge in [0.05, 0.1) is 5.38 Å². The van der Waals surface area contributed by atoms with Gasteiger partial charge in [0.15, 0.2) is 0 Å². The van der Waals surface area contributed by atoms with Gasteiger partial charge in [-0.2, -0.15) is 0 Å². The quantitative estimate of drug-likeness (QED) is 0.844. The summed E-state index contributed by atoms with van der Waals surface area (Å²) in [7, 11) is 0. The topological polar surface area (TPSA) is 37.8 Å². The molecule has 1 N–H and O–H groups in total. The molecule has 2 rings (SSSR count). The minimum Gasteiger partial charge on any atom is -0.368 e. The van der Waals surface area contributed by atoms with Crippen LogP contribution in [0.15, 0.2) is 42.7 Å². The van der Waals surface area contributed by atoms with E-state index in [1.165, 1.54) is 0 Å². The highest BCUT2D eigenvalue weighted by molar-refractivity contribution is 6.21. The van der Waals surface area contributed by atoms with Crippen molar-refractivity contribution in [3.63, 3.8) is 0 Å². The van der Waals surface area contributed by atoms with Crippen molar-refractivity contribution in [2.45, 2.75) is 12.3 Å². The number of alkyl halides is 1. The molecule has 4 heteroatoms. The van der Waals surface area contributed by atoms with Gasteiger partial charge in [0, 0.05) is 18.3 Å². The number of halogens is 1. The highest BCUT2D eigenvalue weighted by Crippen LogP contribution is 2.20. The molecule has 3 nitrogen and oxygen atoms in total. The van der Waals surface area contributed by atoms with Crippen molar-refractivity contribution in [2.24, 2.45) is 0 Å². The van der Waals surface area contributed by atoms with E-state index in [-0.39, 0.29) is 5.38 Å². The first-order valence-corrected chi connectivity index (χ1v) is 5.91. The minimum absolute atomic E-state index is 0.0635. The summed E-state index contributed by atoms with van der Waals surface area (Å²) < 4.78 is 0. The predicted octanol–water partition coefficient (Wildman–Crippen LogP) is 3.18. The van der Waals surface area contributed by atoms with Crippen LogP contribution in [0.4, 0.5) is 5.82 Å². The van der Waals surface area contributed by atoms with Gasteiger partial charge < -0.3 is 5.32 Å². The normalized spacial score (nSPS) is 12.1. The third kappa shape index (κ3) is 3.43. The number of rotatable bonds is 4. The summed E-state index contributed by atoms with van der Waals surface area (Å²) in [6.07, 6.45) is 1.55. The summed E-state index contributed by atoms with van der Waals surface area (Å²) in [6.45, 7) is 2.57. The van der Waals surface area contributed by atoms with Gasteiger partial charge in [-0.3, -0.25) is 0 Å². The molecular formula is C13H14ClN3. The van der Waals surface area contributed by atoms with Crippen LogP contribution in [0.5, 0.6) is 0 Å². The molecular weight excluding hydrogens is 234 g/mol. The number of anilines is 1. The largest absolute Gasteiger partial charge is 0.368 e. The minimum atomic E-state index is -0.0635. The molecule has 1 aromatic carbocycles. The molecule has 0 aliphatic rings. The predicted molar refractivity (Wildman–Crippen MR) is 70.3 cm³/mol. The van der Waals surface area contributed by atoms with Gasteiger partial charge in [-0.25, -0.2) is 9.97 Å². The Bertz CT molecular complexity index is 473. The van der Waals surface area contributed by atoms with E-state index in [1.807, 2.05) is 43.3 Å². The van der Waals surface area contributed by atoms with Crippen LogP contribution in [-0.2, 0) is 0 Å². The van der Waals surface area contributed by atoms with Gasteiger partial charge in [-0.15, -0.1) is 11.6 Å². The van der Waals surface area contributed by atoms with Crippen LogP contribution in [0.3, 0.4) is 0 Å². The SMILES string of the molecule is Cc1cc(NCC(Cl)c2ccccc2)ncn1. The van der Waals surface area contributed by atoms with Crippen molar-refractivity contribution in [1.29, 1.82) is 0 Å². The Hall–Kier alpha value is -1.61. The maximum Gasteiger partial charge on any atom is 0.129 e. The second-order valence-electron chi connectivity index (χ2n) is 3.80. The molecule has 2 aromatic rings. The molecule has 0 amide bonds. The molecule has 0 spiro atoms. The lowest BCUT2D eigenvalue weighted by Crippen LogP contribution is -2.09. The maximum absolute atomic E-state index is 6.29. The fourth-order valence-corrected chi connectivity index (χ4v) is 1.75. The molecule has 0 fully saturated rings. The van der Waals surface area contributed by atoms with Crippen LogP contribution in [0, 0.1) is 6.92 Å². The first-order chi connectivity index (χ1) is 8.25. The van der Waals surface area contributed by atoms with Gasteiger partial charge in [-0.05, 0) is 12.5 Å². The Morgan fingerprint density at radius 3 is 2.71 bits per heavy atom. The van der Waals surface area contributed by atoms with Gasteiger partial charge in [0.25, 0.3) is 0 Å². The van der Waals surface area contributed by atoms with E-state index in [1.54, 1.807) is 6.33 Å². The number of hydrogen-bond acceptors (Lipinski definition) is 3. The smallest absolute Gasteiger partial charge is 0.129 e. The Balaban J connectivity index is 1.95. The van der Waals surface area contributed by atoms with Gasteiger partial charge in [-0.1, -0.05) is 30.3 Å². The van der Waals surface area contributed by atoms with E-state index in [0.29, 0.717) is 6.54 Å². The third-order valence-electron chi connectivity index (χ3n) is 2.43. The summed E-state index contributed by atoms with van der Waals surface area (Å²) in [5, 5.41) is 3.14. The Labute approximate surface area is 106 Å². The van der Waals surface area contributed by atoms with E-state index in [2.05, 4.69) is 15.3 Å². The van der Waals surface area contributed by atoms with E-state index < -0.39 is 0 Å². The fourth-order valence-electron chi connectivity index (χ4n) is 1.53. The molecule has 0 aliphatic heterocycles. The number of aromatic nitrogens is 2. The molecule has 0 bridgehead atoms. The summed E-state index contributed by atoms with van der Waals surface area (Å²) in [5.41, 5.74) is 2.04. The van der Waals surface area contributed by atoms with Crippen LogP contribution in [0.1, 0.15) is 16.6 Å². The average molecular weight is 248 g/mol. The first-order valence-electron chi connectivity index (χ1n) is 5.47. The van der Waals surface area contributed by atoms with Crippen molar-refractivity contribution < 1.29 is 0 Å². The molecule has 1 heterocycles. The van der Waals surface area contributed by atoms with Crippen molar-refractivity contribution >= 4 is 17.4 Å². The van der Waals surface area contributed by atoms with Crippen molar-refractivity contribution in [1.82, 2.24) is 9.97 Å². The highest BCUT2D eigenvalue weighted by Gasteiger charge is 2.06. The zero-order valence-electron chi connectivity index (χ0n) is 9.60. The Morgan fingerprint density at radius 2 is 2.00 bits per heavy atom. The van der Waals surface area contributed by atoms with Gasteiger partial charge in [0.1, 0.15) is 12.1 Å². The lowest BCUT2D eigenvalue weighted by molar-refractivity contribution is 0.959. The Morgan fingerprint density at radius 1 is 1.24 bits per heavy atom. The maximum atomic E-state index is 6.29. The lowest BCUT2D eigenvalue weighted by Gasteiger charge is -2.11. The van der Waals surface area contributed by atoms with Gasteiger partial charge >= 0.3 is 0 Å². The van der Waals surface area contributed by atoms with E-state index in [9.17, 15) is 0 Å². The van der Waals surface area contributed by atoms with Gasteiger partial charge in [0.2, 0.25) is 0 Å². The number of benzene rings is 1. The highest BCUT2D eigenvalue weighted by atomic mass is 35.5. The standard InChI is InChI=1S/C13H14ClN3/c1-10-7-13(17-9-16-10)15-8-12(14)11-5-3-2-4-6-11/h2-7,9,12H,8H2,1H3,(H,15,16,17). The number of nitrogens with one attached hydrogen (secondary N) is 1. The number of aryl methyl sites for hydroxylation is 1. The van der Waals surface area contributed by atoms with Crippen LogP contribution >= 0.6 is 11.6 Å². The molecule has 0 radical (unpaired) electrons. The molecule has 1 unspecified atom stereocenters. The molecule has 1 aromatic heterocycles. The molecule has 0 aliphatic carbocycles. The van der Waals surface area contributed by atoms with E-state index in [4.69, 9.17) is 11.6 Å². The van der Waals surface area contributed by atoms with Crippen molar-refractivity contribution in [3.05, 3.63) is 54.0 Å². The van der Waals surface area contributed by atoms with Crippen LogP contribution in [0.2, 0.25) is 0 Å². The summed E-state index contributed by atoms with van der Waals surface area (Å²) in [4.78, 5) is 8.17. The summed E-state index contributed by atoms with van der Waals surface area (Å²) in [5.74, 6) is 0.805. The van der Waals surface area contributed by atoms with Crippen LogP contribution in [-0.4, -0.2) is 16.5 Å². The van der Waals surface area contributed by atoms with Crippen molar-refractivity contribution in [3.8, 4) is 0 Å². The second kappa shape index (κ2) is 5.64. The molecule has 0 saturated heterocycles. The summed E-state index contributed by atoms with van der Waals surface area (Å²) >= 11 is 6.29. The Kier molecular flexibility index (Phi) is 3.94. The molecule has 0 saturated carbocycles. The van der Waals surface area contributed by atoms with E-state index >= 15 is 0 Å².